The zero-order valence-corrected chi connectivity index (χ0v) is 10.8. The molecule has 1 unspecified atom stereocenters. The number of hydrogen-bond acceptors (Lipinski definition) is 3. The quantitative estimate of drug-likeness (QED) is 0.749. The molecule has 17 heavy (non-hydrogen) atoms. The van der Waals surface area contributed by atoms with Crippen molar-refractivity contribution >= 4 is 5.91 Å². The van der Waals surface area contributed by atoms with Gasteiger partial charge in [-0.25, -0.2) is 0 Å². The van der Waals surface area contributed by atoms with E-state index in [1.54, 1.807) is 7.11 Å². The van der Waals surface area contributed by atoms with Crippen LogP contribution in [0, 0.1) is 11.8 Å². The molecule has 4 nitrogen and oxygen atoms in total. The highest BCUT2D eigenvalue weighted by atomic mass is 16.5. The Hall–Kier alpha value is -0.610. The van der Waals surface area contributed by atoms with Crippen LogP contribution in [0.25, 0.3) is 0 Å². The number of nitrogens with zero attached hydrogens (tertiary/aromatic N) is 1. The van der Waals surface area contributed by atoms with E-state index < -0.39 is 0 Å². The maximum atomic E-state index is 12.0. The molecule has 1 saturated heterocycles. The molecule has 0 aromatic rings. The third-order valence-corrected chi connectivity index (χ3v) is 3.68. The van der Waals surface area contributed by atoms with Gasteiger partial charge in [-0.3, -0.25) is 4.79 Å². The molecule has 1 saturated carbocycles. The lowest BCUT2D eigenvalue weighted by Crippen LogP contribution is -2.45. The number of amides is 1. The second-order valence-electron chi connectivity index (χ2n) is 5.38. The van der Waals surface area contributed by atoms with Gasteiger partial charge in [0.15, 0.2) is 0 Å². The van der Waals surface area contributed by atoms with Crippen molar-refractivity contribution in [2.24, 2.45) is 11.8 Å². The third-order valence-electron chi connectivity index (χ3n) is 3.68. The Morgan fingerprint density at radius 1 is 1.35 bits per heavy atom. The molecule has 4 heteroatoms. The van der Waals surface area contributed by atoms with E-state index in [9.17, 15) is 4.79 Å². The fourth-order valence-electron chi connectivity index (χ4n) is 2.48. The van der Waals surface area contributed by atoms with E-state index in [0.717, 1.165) is 38.6 Å². The van der Waals surface area contributed by atoms with Crippen LogP contribution < -0.4 is 5.32 Å². The van der Waals surface area contributed by atoms with Gasteiger partial charge in [0.05, 0.1) is 13.2 Å². The molecular formula is C13H24N2O2. The Morgan fingerprint density at radius 3 is 2.88 bits per heavy atom. The summed E-state index contributed by atoms with van der Waals surface area (Å²) in [7, 11) is 1.73. The number of nitrogens with one attached hydrogen (secondary N) is 1. The van der Waals surface area contributed by atoms with Crippen molar-refractivity contribution in [3.8, 4) is 0 Å². The molecule has 0 bridgehead atoms. The molecule has 0 radical (unpaired) electrons. The van der Waals surface area contributed by atoms with Crippen LogP contribution >= 0.6 is 0 Å². The molecule has 1 heterocycles. The number of piperidine rings is 1. The predicted molar refractivity (Wildman–Crippen MR) is 66.8 cm³/mol. The van der Waals surface area contributed by atoms with E-state index in [4.69, 9.17) is 4.74 Å². The van der Waals surface area contributed by atoms with Crippen LogP contribution in [0.1, 0.15) is 25.7 Å². The zero-order chi connectivity index (χ0) is 12.1. The number of rotatable bonds is 6. The van der Waals surface area contributed by atoms with Crippen LogP contribution in [0.2, 0.25) is 0 Å². The monoisotopic (exact) mass is 240 g/mol. The summed E-state index contributed by atoms with van der Waals surface area (Å²) in [5.41, 5.74) is 0. The fraction of sp³-hybridized carbons (Fsp3) is 0.923. The molecule has 2 aliphatic rings. The van der Waals surface area contributed by atoms with Crippen LogP contribution in [-0.4, -0.2) is 50.7 Å². The Morgan fingerprint density at radius 2 is 2.18 bits per heavy atom. The normalized spacial score (nSPS) is 25.0. The van der Waals surface area contributed by atoms with E-state index in [1.807, 2.05) is 4.90 Å². The molecule has 0 aromatic carbocycles. The molecule has 1 aliphatic heterocycles. The topological polar surface area (TPSA) is 41.6 Å². The molecular weight excluding hydrogens is 216 g/mol. The van der Waals surface area contributed by atoms with Gasteiger partial charge in [0.25, 0.3) is 0 Å². The van der Waals surface area contributed by atoms with Crippen molar-refractivity contribution in [2.45, 2.75) is 25.7 Å². The molecule has 1 N–H and O–H groups in total. The summed E-state index contributed by atoms with van der Waals surface area (Å²) in [6, 6.07) is 0. The first kappa shape index (κ1) is 12.8. The van der Waals surface area contributed by atoms with Crippen molar-refractivity contribution in [3.05, 3.63) is 0 Å². The van der Waals surface area contributed by atoms with Crippen molar-refractivity contribution < 1.29 is 9.53 Å². The Kier molecular flexibility index (Phi) is 4.80. The summed E-state index contributed by atoms with van der Waals surface area (Å²) in [4.78, 5) is 14.0. The maximum absolute atomic E-state index is 12.0. The number of hydrogen-bond donors (Lipinski definition) is 1. The predicted octanol–water partition coefficient (Wildman–Crippen LogP) is 0.871. The van der Waals surface area contributed by atoms with Gasteiger partial charge in [-0.1, -0.05) is 0 Å². The first-order valence-corrected chi connectivity index (χ1v) is 6.77. The van der Waals surface area contributed by atoms with Crippen LogP contribution in [0.5, 0.6) is 0 Å². The van der Waals surface area contributed by atoms with Gasteiger partial charge in [0.1, 0.15) is 0 Å². The largest absolute Gasteiger partial charge is 0.384 e. The van der Waals surface area contributed by atoms with E-state index >= 15 is 0 Å². The summed E-state index contributed by atoms with van der Waals surface area (Å²) in [6.07, 6.45) is 4.97. The first-order valence-electron chi connectivity index (χ1n) is 6.77. The number of carbonyl (C=O) groups excluding carboxylic acids is 1. The summed E-state index contributed by atoms with van der Waals surface area (Å²) in [5.74, 6) is 1.62. The Balaban J connectivity index is 1.65. The average molecular weight is 240 g/mol. The molecule has 2 fully saturated rings. The highest BCUT2D eigenvalue weighted by Crippen LogP contribution is 2.27. The average Bonchev–Trinajstić information content (AvgIpc) is 3.14. The van der Waals surface area contributed by atoms with Crippen molar-refractivity contribution in [1.29, 1.82) is 0 Å². The van der Waals surface area contributed by atoms with Gasteiger partial charge in [0, 0.05) is 20.2 Å². The number of likely N-dealkylation sites (tertiary alicyclic amines) is 1. The van der Waals surface area contributed by atoms with Gasteiger partial charge < -0.3 is 15.0 Å². The van der Waals surface area contributed by atoms with Gasteiger partial charge in [0.2, 0.25) is 5.91 Å². The van der Waals surface area contributed by atoms with Crippen LogP contribution in [-0.2, 0) is 9.53 Å². The smallest absolute Gasteiger partial charge is 0.236 e. The zero-order valence-electron chi connectivity index (χ0n) is 10.8. The van der Waals surface area contributed by atoms with E-state index in [1.165, 1.54) is 19.3 Å². The lowest BCUT2D eigenvalue weighted by molar-refractivity contribution is -0.132. The molecule has 98 valence electrons. The summed E-state index contributed by atoms with van der Waals surface area (Å²) in [5, 5.41) is 3.27. The third kappa shape index (κ3) is 4.28. The van der Waals surface area contributed by atoms with Crippen molar-refractivity contribution in [3.63, 3.8) is 0 Å². The number of ether oxygens (including phenoxy) is 1. The van der Waals surface area contributed by atoms with E-state index in [-0.39, 0.29) is 5.91 Å². The highest BCUT2D eigenvalue weighted by Gasteiger charge is 2.24. The minimum absolute atomic E-state index is 0.256. The lowest BCUT2D eigenvalue weighted by atomic mass is 9.99. The molecule has 1 amide bonds. The van der Waals surface area contributed by atoms with Crippen LogP contribution in [0.15, 0.2) is 0 Å². The summed E-state index contributed by atoms with van der Waals surface area (Å²) < 4.78 is 5.18. The number of carbonyl (C=O) groups is 1. The van der Waals surface area contributed by atoms with Gasteiger partial charge in [-0.05, 0) is 44.1 Å². The second kappa shape index (κ2) is 6.36. The van der Waals surface area contributed by atoms with Gasteiger partial charge in [-0.2, -0.15) is 0 Å². The van der Waals surface area contributed by atoms with E-state index in [2.05, 4.69) is 5.32 Å². The Bertz CT molecular complexity index is 252. The van der Waals surface area contributed by atoms with Crippen LogP contribution in [0.3, 0.4) is 0 Å². The molecule has 0 spiro atoms. The van der Waals surface area contributed by atoms with Gasteiger partial charge >= 0.3 is 0 Å². The van der Waals surface area contributed by atoms with Crippen LogP contribution in [0.4, 0.5) is 0 Å². The summed E-state index contributed by atoms with van der Waals surface area (Å²) >= 11 is 0. The van der Waals surface area contributed by atoms with Crippen molar-refractivity contribution in [1.82, 2.24) is 10.2 Å². The fourth-order valence-corrected chi connectivity index (χ4v) is 2.48. The molecule has 1 atom stereocenters. The van der Waals surface area contributed by atoms with E-state index in [0.29, 0.717) is 12.5 Å². The lowest BCUT2D eigenvalue weighted by Gasteiger charge is -2.32. The minimum atomic E-state index is 0.256. The standard InChI is InChI=1S/C13H24N2O2/c1-17-10-12-3-2-6-15(9-12)13(16)8-14-7-11-4-5-11/h11-12,14H,2-10H2,1H3. The van der Waals surface area contributed by atoms with Gasteiger partial charge in [-0.15, -0.1) is 0 Å². The molecule has 0 aromatic heterocycles. The first-order chi connectivity index (χ1) is 8.29. The SMILES string of the molecule is COCC1CCCN(C(=O)CNCC2CC2)C1. The molecule has 1 aliphatic carbocycles. The maximum Gasteiger partial charge on any atom is 0.236 e. The second-order valence-corrected chi connectivity index (χ2v) is 5.38. The molecule has 2 rings (SSSR count). The summed E-state index contributed by atoms with van der Waals surface area (Å²) in [6.45, 7) is 4.10. The number of methoxy groups -OCH3 is 1. The Labute approximate surface area is 104 Å². The minimum Gasteiger partial charge on any atom is -0.384 e. The highest BCUT2D eigenvalue weighted by molar-refractivity contribution is 5.78. The van der Waals surface area contributed by atoms with Crippen molar-refractivity contribution in [2.75, 3.05) is 39.9 Å².